The van der Waals surface area contributed by atoms with E-state index in [-0.39, 0.29) is 11.2 Å². The maximum atomic E-state index is 12.1. The van der Waals surface area contributed by atoms with Crippen LogP contribution in [0.25, 0.3) is 0 Å². The molecule has 1 rings (SSSR count). The van der Waals surface area contributed by atoms with Crippen LogP contribution in [0.15, 0.2) is 0 Å². The summed E-state index contributed by atoms with van der Waals surface area (Å²) in [6, 6.07) is 0. The Kier molecular flexibility index (Phi) is 4.21. The van der Waals surface area contributed by atoms with Gasteiger partial charge in [0.2, 0.25) is 5.82 Å². The van der Waals surface area contributed by atoms with Crippen molar-refractivity contribution in [3.05, 3.63) is 11.6 Å². The largest absolute Gasteiger partial charge is 0.390 e. The Hall–Kier alpha value is -1.60. The molecule has 8 heteroatoms. The van der Waals surface area contributed by atoms with Crippen LogP contribution in [0.1, 0.15) is 43.6 Å². The van der Waals surface area contributed by atoms with Crippen molar-refractivity contribution in [2.24, 2.45) is 0 Å². The summed E-state index contributed by atoms with van der Waals surface area (Å²) in [7, 11) is 1.29. The maximum Gasteiger partial charge on any atom is 0.390 e. The summed E-state index contributed by atoms with van der Waals surface area (Å²) in [6.07, 6.45) is -5.34. The maximum absolute atomic E-state index is 12.1. The minimum absolute atomic E-state index is 0.116. The summed E-state index contributed by atoms with van der Waals surface area (Å²) in [5, 5.41) is 6.36. The van der Waals surface area contributed by atoms with Crippen molar-refractivity contribution >= 4 is 5.91 Å². The minimum Gasteiger partial charge on any atom is -0.339 e. The van der Waals surface area contributed by atoms with Crippen LogP contribution >= 0.6 is 0 Å². The lowest BCUT2D eigenvalue weighted by Crippen LogP contribution is -2.31. The Morgan fingerprint density at radius 1 is 1.32 bits per heavy atom. The molecule has 0 aliphatic carbocycles. The van der Waals surface area contributed by atoms with Crippen LogP contribution in [0.4, 0.5) is 13.2 Å². The number of H-pyrrole nitrogens is 1. The summed E-state index contributed by atoms with van der Waals surface area (Å²) >= 11 is 0. The lowest BCUT2D eigenvalue weighted by Gasteiger charge is -2.16. The van der Waals surface area contributed by atoms with Gasteiger partial charge in [-0.2, -0.15) is 13.2 Å². The second kappa shape index (κ2) is 5.18. The summed E-state index contributed by atoms with van der Waals surface area (Å²) in [5.74, 6) is -0.231. The summed E-state index contributed by atoms with van der Waals surface area (Å²) < 4.78 is 36.2. The highest BCUT2D eigenvalue weighted by atomic mass is 19.4. The van der Waals surface area contributed by atoms with Gasteiger partial charge in [0.05, 0.1) is 6.42 Å². The van der Waals surface area contributed by atoms with Crippen LogP contribution in [0, 0.1) is 0 Å². The lowest BCUT2D eigenvalue weighted by atomic mass is 9.96. The Morgan fingerprint density at radius 3 is 2.32 bits per heavy atom. The second-order valence-corrected chi connectivity index (χ2v) is 5.35. The third kappa shape index (κ3) is 4.53. The van der Waals surface area contributed by atoms with Gasteiger partial charge in [0.1, 0.15) is 5.82 Å². The third-order valence-electron chi connectivity index (χ3n) is 2.46. The number of hydrogen-bond donors (Lipinski definition) is 1. The molecule has 0 aromatic carbocycles. The molecule has 0 saturated heterocycles. The van der Waals surface area contributed by atoms with Crippen LogP contribution in [0.3, 0.4) is 0 Å². The molecule has 5 nitrogen and oxygen atoms in total. The SMILES string of the molecule is CN(CCC(F)(F)F)C(=O)c1n[nH]c(C(C)(C)C)n1. The monoisotopic (exact) mass is 278 g/mol. The van der Waals surface area contributed by atoms with Crippen molar-refractivity contribution in [2.45, 2.75) is 38.8 Å². The molecule has 1 amide bonds. The number of nitrogens with one attached hydrogen (secondary N) is 1. The zero-order valence-corrected chi connectivity index (χ0v) is 11.3. The Bertz CT molecular complexity index is 448. The second-order valence-electron chi connectivity index (χ2n) is 5.35. The molecule has 19 heavy (non-hydrogen) atoms. The molecule has 0 aliphatic rings. The number of alkyl halides is 3. The molecule has 1 aromatic heterocycles. The number of amides is 1. The molecule has 0 atom stereocenters. The number of aromatic amines is 1. The van der Waals surface area contributed by atoms with Gasteiger partial charge in [-0.1, -0.05) is 20.8 Å². The van der Waals surface area contributed by atoms with Crippen molar-refractivity contribution < 1.29 is 18.0 Å². The van der Waals surface area contributed by atoms with Crippen LogP contribution in [-0.2, 0) is 5.41 Å². The van der Waals surface area contributed by atoms with Crippen LogP contribution < -0.4 is 0 Å². The standard InChI is InChI=1S/C11H17F3N4O/c1-10(2,3)9-15-7(16-17-9)8(19)18(4)6-5-11(12,13)14/h5-6H2,1-4H3,(H,15,16,17). The molecule has 1 heterocycles. The summed E-state index contributed by atoms with van der Waals surface area (Å²) in [6.45, 7) is 5.24. The zero-order chi connectivity index (χ0) is 14.8. The quantitative estimate of drug-likeness (QED) is 0.921. The number of halogens is 3. The average Bonchev–Trinajstić information content (AvgIpc) is 2.72. The number of hydrogen-bond acceptors (Lipinski definition) is 3. The van der Waals surface area contributed by atoms with Gasteiger partial charge in [0.15, 0.2) is 0 Å². The molecule has 0 aliphatic heterocycles. The fourth-order valence-electron chi connectivity index (χ4n) is 1.26. The Balaban J connectivity index is 2.70. The Labute approximate surface area is 109 Å². The van der Waals surface area contributed by atoms with E-state index in [0.717, 1.165) is 4.90 Å². The normalized spacial score (nSPS) is 12.6. The van der Waals surface area contributed by atoms with E-state index in [0.29, 0.717) is 5.82 Å². The fourth-order valence-corrected chi connectivity index (χ4v) is 1.26. The van der Waals surface area contributed by atoms with Crippen molar-refractivity contribution in [3.8, 4) is 0 Å². The number of carbonyl (C=O) groups is 1. The first-order chi connectivity index (χ1) is 8.50. The molecular weight excluding hydrogens is 261 g/mol. The van der Waals surface area contributed by atoms with E-state index >= 15 is 0 Å². The smallest absolute Gasteiger partial charge is 0.339 e. The first-order valence-electron chi connectivity index (χ1n) is 5.76. The van der Waals surface area contributed by atoms with E-state index < -0.39 is 25.0 Å². The predicted octanol–water partition coefficient (Wildman–Crippen LogP) is 2.13. The zero-order valence-electron chi connectivity index (χ0n) is 11.3. The average molecular weight is 278 g/mol. The molecule has 0 spiro atoms. The van der Waals surface area contributed by atoms with E-state index in [9.17, 15) is 18.0 Å². The number of aromatic nitrogens is 3. The van der Waals surface area contributed by atoms with E-state index in [2.05, 4.69) is 15.2 Å². The fraction of sp³-hybridized carbons (Fsp3) is 0.727. The van der Waals surface area contributed by atoms with Crippen LogP contribution in [-0.4, -0.2) is 45.8 Å². The third-order valence-corrected chi connectivity index (χ3v) is 2.46. The highest BCUT2D eigenvalue weighted by Gasteiger charge is 2.29. The van der Waals surface area contributed by atoms with Gasteiger partial charge in [0, 0.05) is 19.0 Å². The summed E-state index contributed by atoms with van der Waals surface area (Å²) in [4.78, 5) is 16.8. The van der Waals surface area contributed by atoms with Crippen molar-refractivity contribution in [2.75, 3.05) is 13.6 Å². The Morgan fingerprint density at radius 2 is 1.89 bits per heavy atom. The highest BCUT2D eigenvalue weighted by Crippen LogP contribution is 2.20. The van der Waals surface area contributed by atoms with Gasteiger partial charge < -0.3 is 4.90 Å². The van der Waals surface area contributed by atoms with Crippen LogP contribution in [0.2, 0.25) is 0 Å². The molecule has 0 bridgehead atoms. The van der Waals surface area contributed by atoms with E-state index in [1.54, 1.807) is 0 Å². The van der Waals surface area contributed by atoms with E-state index in [4.69, 9.17) is 0 Å². The number of nitrogens with zero attached hydrogens (tertiary/aromatic N) is 3. The van der Waals surface area contributed by atoms with Gasteiger partial charge in [0.25, 0.3) is 5.91 Å². The molecule has 0 unspecified atom stereocenters. The van der Waals surface area contributed by atoms with Crippen molar-refractivity contribution in [1.29, 1.82) is 0 Å². The first-order valence-corrected chi connectivity index (χ1v) is 5.76. The van der Waals surface area contributed by atoms with Gasteiger partial charge in [-0.05, 0) is 0 Å². The van der Waals surface area contributed by atoms with E-state index in [1.807, 2.05) is 20.8 Å². The lowest BCUT2D eigenvalue weighted by molar-refractivity contribution is -0.136. The molecule has 0 radical (unpaired) electrons. The van der Waals surface area contributed by atoms with Gasteiger partial charge >= 0.3 is 6.18 Å². The highest BCUT2D eigenvalue weighted by molar-refractivity contribution is 5.90. The van der Waals surface area contributed by atoms with Crippen molar-refractivity contribution in [1.82, 2.24) is 20.1 Å². The van der Waals surface area contributed by atoms with Crippen LogP contribution in [0.5, 0.6) is 0 Å². The topological polar surface area (TPSA) is 61.9 Å². The van der Waals surface area contributed by atoms with Gasteiger partial charge in [-0.3, -0.25) is 9.89 Å². The molecule has 0 saturated carbocycles. The molecule has 0 fully saturated rings. The minimum atomic E-state index is -4.29. The van der Waals surface area contributed by atoms with E-state index in [1.165, 1.54) is 7.05 Å². The predicted molar refractivity (Wildman–Crippen MR) is 62.7 cm³/mol. The molecular formula is C11H17F3N4O. The van der Waals surface area contributed by atoms with Gasteiger partial charge in [-0.15, -0.1) is 5.10 Å². The molecule has 108 valence electrons. The first kappa shape index (κ1) is 15.5. The summed E-state index contributed by atoms with van der Waals surface area (Å²) in [5.41, 5.74) is -0.309. The molecule has 1 N–H and O–H groups in total. The van der Waals surface area contributed by atoms with Crippen molar-refractivity contribution in [3.63, 3.8) is 0 Å². The molecule has 1 aromatic rings. The number of rotatable bonds is 3. The number of carbonyl (C=O) groups excluding carboxylic acids is 1. The van der Waals surface area contributed by atoms with Gasteiger partial charge in [-0.25, -0.2) is 4.98 Å².